The Morgan fingerprint density at radius 2 is 0.648 bits per heavy atom. The first-order valence-electron chi connectivity index (χ1n) is 18.0. The zero-order chi connectivity index (χ0) is 37.7. The molecule has 0 radical (unpaired) electrons. The maximum absolute atomic E-state index is 6.54. The maximum atomic E-state index is 6.54. The van der Waals surface area contributed by atoms with Crippen molar-refractivity contribution in [2.75, 3.05) is 11.5 Å². The number of anilines is 2. The third-order valence-electron chi connectivity index (χ3n) is 9.75. The molecule has 0 amide bonds. The van der Waals surface area contributed by atoms with Gasteiger partial charge in [0, 0.05) is 45.5 Å². The van der Waals surface area contributed by atoms with Gasteiger partial charge in [-0.15, -0.1) is 0 Å². The third kappa shape index (κ3) is 8.03. The molecule has 0 heterocycles. The van der Waals surface area contributed by atoms with Crippen LogP contribution in [0.2, 0.25) is 0 Å². The molecule has 0 aliphatic carbocycles. The molecule has 0 fully saturated rings. The molecule has 7 aromatic carbocycles. The van der Waals surface area contributed by atoms with Gasteiger partial charge in [0.25, 0.3) is 0 Å². The van der Waals surface area contributed by atoms with Crippen LogP contribution in [0.3, 0.4) is 0 Å². The van der Waals surface area contributed by atoms with Crippen LogP contribution in [0, 0.1) is 0 Å². The van der Waals surface area contributed by atoms with Crippen LogP contribution in [0.1, 0.15) is 49.9 Å². The number of nitrogen functional groups attached to an aromatic ring is 2. The van der Waals surface area contributed by atoms with Gasteiger partial charge in [-0.3, -0.25) is 0 Å². The molecule has 0 spiro atoms. The van der Waals surface area contributed by atoms with Crippen LogP contribution in [0.25, 0.3) is 0 Å². The average Bonchev–Trinajstić information content (AvgIpc) is 3.17. The Hall–Kier alpha value is -6.66. The number of ether oxygens (including phenoxy) is 4. The molecule has 54 heavy (non-hydrogen) atoms. The molecule has 0 atom stereocenters. The van der Waals surface area contributed by atoms with Gasteiger partial charge in [0.05, 0.1) is 0 Å². The van der Waals surface area contributed by atoms with Crippen LogP contribution in [0.4, 0.5) is 11.4 Å². The highest BCUT2D eigenvalue weighted by atomic mass is 16.5. The molecule has 0 aromatic heterocycles. The summed E-state index contributed by atoms with van der Waals surface area (Å²) in [6, 6.07) is 55.2. The second-order valence-corrected chi connectivity index (χ2v) is 14.3. The first kappa shape index (κ1) is 35.7. The Morgan fingerprint density at radius 1 is 0.333 bits per heavy atom. The van der Waals surface area contributed by atoms with Crippen LogP contribution in [-0.4, -0.2) is 0 Å². The van der Waals surface area contributed by atoms with Crippen molar-refractivity contribution in [2.45, 2.75) is 38.5 Å². The molecular formula is C48H44N2O4. The summed E-state index contributed by atoms with van der Waals surface area (Å²) in [6.45, 7) is 8.86. The first-order chi connectivity index (χ1) is 26.0. The molecule has 6 nitrogen and oxygen atoms in total. The van der Waals surface area contributed by atoms with Crippen molar-refractivity contribution < 1.29 is 18.9 Å². The van der Waals surface area contributed by atoms with E-state index in [0.717, 1.165) is 33.8 Å². The van der Waals surface area contributed by atoms with E-state index in [9.17, 15) is 0 Å². The van der Waals surface area contributed by atoms with Crippen molar-refractivity contribution in [2.24, 2.45) is 0 Å². The van der Waals surface area contributed by atoms with Crippen LogP contribution in [0.5, 0.6) is 46.0 Å². The minimum absolute atomic E-state index is 0.421. The predicted octanol–water partition coefficient (Wildman–Crippen LogP) is 12.7. The van der Waals surface area contributed by atoms with Gasteiger partial charge in [0.15, 0.2) is 0 Å². The van der Waals surface area contributed by atoms with E-state index in [1.54, 1.807) is 0 Å². The van der Waals surface area contributed by atoms with Crippen molar-refractivity contribution in [3.05, 3.63) is 192 Å². The molecule has 7 aromatic rings. The summed E-state index contributed by atoms with van der Waals surface area (Å²) in [7, 11) is 0. The Labute approximate surface area is 317 Å². The van der Waals surface area contributed by atoms with Crippen molar-refractivity contribution in [1.29, 1.82) is 0 Å². The van der Waals surface area contributed by atoms with Gasteiger partial charge < -0.3 is 30.4 Å². The van der Waals surface area contributed by atoms with Gasteiger partial charge >= 0.3 is 0 Å². The summed E-state index contributed by atoms with van der Waals surface area (Å²) in [5.41, 5.74) is 16.6. The smallest absolute Gasteiger partial charge is 0.135 e. The molecule has 0 aliphatic rings. The van der Waals surface area contributed by atoms with Crippen LogP contribution >= 0.6 is 0 Å². The SMILES string of the molecule is CC(C)(c1ccc(C(C)(C)c2ccc(Oc3ccc(N)cc3)cc2Oc2ccccc2)cc1)c1ccc(Oc2ccc(N)cc2)cc1Oc1ccccc1. The Balaban J connectivity index is 1.20. The molecule has 4 N–H and O–H groups in total. The third-order valence-corrected chi connectivity index (χ3v) is 9.75. The first-order valence-corrected chi connectivity index (χ1v) is 18.0. The Morgan fingerprint density at radius 3 is 1.00 bits per heavy atom. The molecule has 6 heteroatoms. The fourth-order valence-electron chi connectivity index (χ4n) is 6.52. The van der Waals surface area contributed by atoms with E-state index in [1.807, 2.05) is 133 Å². The Kier molecular flexibility index (Phi) is 10.0. The number of nitrogens with two attached hydrogens (primary N) is 2. The van der Waals surface area contributed by atoms with Gasteiger partial charge in [0.2, 0.25) is 0 Å². The largest absolute Gasteiger partial charge is 0.457 e. The molecule has 270 valence electrons. The molecule has 0 saturated carbocycles. The molecular weight excluding hydrogens is 669 g/mol. The molecule has 7 rings (SSSR count). The molecule has 0 saturated heterocycles. The monoisotopic (exact) mass is 712 g/mol. The highest BCUT2D eigenvalue weighted by molar-refractivity contribution is 5.55. The highest BCUT2D eigenvalue weighted by Crippen LogP contribution is 2.45. The molecule has 0 unspecified atom stereocenters. The quantitative estimate of drug-likeness (QED) is 0.123. The van der Waals surface area contributed by atoms with E-state index in [2.05, 4.69) is 64.1 Å². The topological polar surface area (TPSA) is 89.0 Å². The minimum atomic E-state index is -0.421. The van der Waals surface area contributed by atoms with E-state index in [4.69, 9.17) is 30.4 Å². The standard InChI is InChI=1S/C48H44N2O4/c1-47(2,43-29-27-41(51-39-23-19-35(49)20-24-39)31-45(43)53-37-11-7-5-8-12-37)33-15-17-34(18-16-33)48(3,4)44-30-28-42(52-40-25-21-36(50)22-26-40)32-46(44)54-38-13-9-6-10-14-38/h5-32H,49-50H2,1-4H3. The predicted molar refractivity (Wildman–Crippen MR) is 218 cm³/mol. The summed E-state index contributed by atoms with van der Waals surface area (Å²) in [5, 5.41) is 0. The lowest BCUT2D eigenvalue weighted by molar-refractivity contribution is 0.445. The molecule has 0 aliphatic heterocycles. The number of benzene rings is 7. The van der Waals surface area contributed by atoms with Crippen LogP contribution in [0.15, 0.2) is 170 Å². The van der Waals surface area contributed by atoms with Crippen molar-refractivity contribution in [1.82, 2.24) is 0 Å². The summed E-state index contributed by atoms with van der Waals surface area (Å²) in [4.78, 5) is 0. The van der Waals surface area contributed by atoms with Crippen molar-refractivity contribution in [3.8, 4) is 46.0 Å². The lowest BCUT2D eigenvalue weighted by Crippen LogP contribution is -2.22. The summed E-state index contributed by atoms with van der Waals surface area (Å²) < 4.78 is 25.5. The fourth-order valence-corrected chi connectivity index (χ4v) is 6.52. The zero-order valence-corrected chi connectivity index (χ0v) is 31.0. The average molecular weight is 713 g/mol. The van der Waals surface area contributed by atoms with Gasteiger partial charge in [-0.2, -0.15) is 0 Å². The lowest BCUT2D eigenvalue weighted by Gasteiger charge is -2.31. The highest BCUT2D eigenvalue weighted by Gasteiger charge is 2.31. The number of hydrogen-bond acceptors (Lipinski definition) is 6. The van der Waals surface area contributed by atoms with E-state index in [1.165, 1.54) is 0 Å². The normalized spacial score (nSPS) is 11.5. The van der Waals surface area contributed by atoms with Crippen LogP contribution < -0.4 is 30.4 Å². The van der Waals surface area contributed by atoms with E-state index < -0.39 is 10.8 Å². The fraction of sp³-hybridized carbons (Fsp3) is 0.125. The van der Waals surface area contributed by atoms with Gasteiger partial charge in [-0.25, -0.2) is 0 Å². The van der Waals surface area contributed by atoms with Crippen LogP contribution in [-0.2, 0) is 10.8 Å². The maximum Gasteiger partial charge on any atom is 0.135 e. The van der Waals surface area contributed by atoms with Crippen molar-refractivity contribution >= 4 is 11.4 Å². The van der Waals surface area contributed by atoms with E-state index >= 15 is 0 Å². The van der Waals surface area contributed by atoms with E-state index in [-0.39, 0.29) is 0 Å². The number of para-hydroxylation sites is 2. The zero-order valence-electron chi connectivity index (χ0n) is 31.0. The van der Waals surface area contributed by atoms with E-state index in [0.29, 0.717) is 45.9 Å². The minimum Gasteiger partial charge on any atom is -0.457 e. The number of rotatable bonds is 12. The summed E-state index contributed by atoms with van der Waals surface area (Å²) in [5.74, 6) is 5.65. The lowest BCUT2D eigenvalue weighted by atomic mass is 9.74. The van der Waals surface area contributed by atoms with Gasteiger partial charge in [-0.1, -0.05) is 100 Å². The van der Waals surface area contributed by atoms with Gasteiger partial charge in [-0.05, 0) is 96.1 Å². The van der Waals surface area contributed by atoms with Gasteiger partial charge in [0.1, 0.15) is 46.0 Å². The summed E-state index contributed by atoms with van der Waals surface area (Å²) in [6.07, 6.45) is 0. The summed E-state index contributed by atoms with van der Waals surface area (Å²) >= 11 is 0. The Bertz CT molecular complexity index is 2150. The second kappa shape index (κ2) is 15.1. The molecule has 0 bridgehead atoms. The second-order valence-electron chi connectivity index (χ2n) is 14.3. The van der Waals surface area contributed by atoms with Crippen molar-refractivity contribution in [3.63, 3.8) is 0 Å². The number of hydrogen-bond donors (Lipinski definition) is 2.